The number of hydrogen-bond acceptors (Lipinski definition) is 4. The predicted octanol–water partition coefficient (Wildman–Crippen LogP) is 4.01. The summed E-state index contributed by atoms with van der Waals surface area (Å²) >= 11 is 10.5. The molecule has 1 aromatic carbocycles. The number of aromatic nitrogens is 1. The van der Waals surface area contributed by atoms with Crippen LogP contribution >= 0.6 is 38.9 Å². The van der Waals surface area contributed by atoms with Crippen LogP contribution in [0.25, 0.3) is 10.4 Å². The number of thiazole rings is 1. The van der Waals surface area contributed by atoms with E-state index in [0.29, 0.717) is 14.6 Å². The highest BCUT2D eigenvalue weighted by atomic mass is 79.9. The van der Waals surface area contributed by atoms with E-state index < -0.39 is 5.97 Å². The fourth-order valence-corrected chi connectivity index (χ4v) is 2.90. The van der Waals surface area contributed by atoms with Crippen LogP contribution in [0.1, 0.15) is 10.5 Å². The lowest BCUT2D eigenvalue weighted by atomic mass is 10.1. The summed E-state index contributed by atoms with van der Waals surface area (Å²) < 4.78 is 5.34. The number of carbonyl (C=O) groups is 1. The Morgan fingerprint density at radius 3 is 2.65 bits per heavy atom. The molecule has 0 unspecified atom stereocenters. The molecule has 3 nitrogen and oxygen atoms in total. The number of esters is 1. The maximum Gasteiger partial charge on any atom is 0.358 e. The second kappa shape index (κ2) is 5.16. The predicted molar refractivity (Wildman–Crippen MR) is 71.6 cm³/mol. The number of methoxy groups -OCH3 is 1. The Morgan fingerprint density at radius 1 is 1.41 bits per heavy atom. The van der Waals surface area contributed by atoms with Gasteiger partial charge in [0, 0.05) is 5.02 Å². The van der Waals surface area contributed by atoms with Crippen molar-refractivity contribution in [3.05, 3.63) is 38.9 Å². The SMILES string of the molecule is COC(=O)c1nc(Br)sc1-c1ccc(Cl)cc1. The largest absolute Gasteiger partial charge is 0.464 e. The molecule has 0 amide bonds. The number of hydrogen-bond donors (Lipinski definition) is 0. The fraction of sp³-hybridized carbons (Fsp3) is 0.0909. The van der Waals surface area contributed by atoms with Gasteiger partial charge < -0.3 is 4.74 Å². The highest BCUT2D eigenvalue weighted by molar-refractivity contribution is 9.11. The molecule has 17 heavy (non-hydrogen) atoms. The number of benzene rings is 1. The van der Waals surface area contributed by atoms with Gasteiger partial charge in [-0.25, -0.2) is 9.78 Å². The van der Waals surface area contributed by atoms with E-state index in [1.165, 1.54) is 18.4 Å². The molecule has 2 rings (SSSR count). The van der Waals surface area contributed by atoms with Crippen molar-refractivity contribution in [3.63, 3.8) is 0 Å². The number of nitrogens with zero attached hydrogens (tertiary/aromatic N) is 1. The minimum atomic E-state index is -0.447. The molecule has 88 valence electrons. The van der Waals surface area contributed by atoms with Gasteiger partial charge in [0.25, 0.3) is 0 Å². The molecule has 6 heteroatoms. The third kappa shape index (κ3) is 2.68. The second-order valence-corrected chi connectivity index (χ2v) is 5.85. The monoisotopic (exact) mass is 331 g/mol. The molecule has 0 aliphatic carbocycles. The molecule has 0 N–H and O–H groups in total. The van der Waals surface area contributed by atoms with E-state index >= 15 is 0 Å². The first-order valence-electron chi connectivity index (χ1n) is 4.62. The van der Waals surface area contributed by atoms with Gasteiger partial charge >= 0.3 is 5.97 Å². The van der Waals surface area contributed by atoms with Gasteiger partial charge in [-0.05, 0) is 33.6 Å². The van der Waals surface area contributed by atoms with Gasteiger partial charge in [0.05, 0.1) is 12.0 Å². The molecule has 0 atom stereocenters. The van der Waals surface area contributed by atoms with Gasteiger partial charge in [-0.3, -0.25) is 0 Å². The normalized spacial score (nSPS) is 10.3. The van der Waals surface area contributed by atoms with Crippen LogP contribution in [0.3, 0.4) is 0 Å². The second-order valence-electron chi connectivity index (χ2n) is 3.14. The number of rotatable bonds is 2. The smallest absolute Gasteiger partial charge is 0.358 e. The number of carbonyl (C=O) groups excluding carboxylic acids is 1. The quantitative estimate of drug-likeness (QED) is 0.780. The Kier molecular flexibility index (Phi) is 3.81. The Morgan fingerprint density at radius 2 is 2.06 bits per heavy atom. The molecular formula is C11H7BrClNO2S. The van der Waals surface area contributed by atoms with Crippen molar-refractivity contribution < 1.29 is 9.53 Å². The van der Waals surface area contributed by atoms with Crippen molar-refractivity contribution in [1.29, 1.82) is 0 Å². The molecular weight excluding hydrogens is 326 g/mol. The van der Waals surface area contributed by atoms with Crippen molar-refractivity contribution >= 4 is 44.8 Å². The van der Waals surface area contributed by atoms with E-state index in [1.807, 2.05) is 12.1 Å². The fourth-order valence-electron chi connectivity index (χ4n) is 1.33. The van der Waals surface area contributed by atoms with Gasteiger partial charge in [0.1, 0.15) is 0 Å². The van der Waals surface area contributed by atoms with Crippen LogP contribution in [0.2, 0.25) is 5.02 Å². The van der Waals surface area contributed by atoms with Crippen LogP contribution in [-0.2, 0) is 4.74 Å². The summed E-state index contributed by atoms with van der Waals surface area (Å²) in [5, 5.41) is 0.650. The molecule has 0 saturated carbocycles. The maximum absolute atomic E-state index is 11.6. The molecule has 0 spiro atoms. The standard InChI is InChI=1S/C11H7BrClNO2S/c1-16-10(15)8-9(17-11(12)14-8)6-2-4-7(13)5-3-6/h2-5H,1H3. The molecule has 1 heterocycles. The van der Waals surface area contributed by atoms with Crippen LogP contribution in [0.5, 0.6) is 0 Å². The Balaban J connectivity index is 2.51. The first-order valence-corrected chi connectivity index (χ1v) is 6.61. The minimum Gasteiger partial charge on any atom is -0.464 e. The first-order chi connectivity index (χ1) is 8.11. The summed E-state index contributed by atoms with van der Waals surface area (Å²) in [4.78, 5) is 16.4. The third-order valence-corrected chi connectivity index (χ3v) is 3.89. The van der Waals surface area contributed by atoms with Crippen LogP contribution < -0.4 is 0 Å². The molecule has 0 aliphatic heterocycles. The molecule has 2 aromatic rings. The lowest BCUT2D eigenvalue weighted by Gasteiger charge is -2.00. The molecule has 0 fully saturated rings. The van der Waals surface area contributed by atoms with Crippen LogP contribution in [-0.4, -0.2) is 18.1 Å². The summed E-state index contributed by atoms with van der Waals surface area (Å²) in [5.74, 6) is -0.447. The van der Waals surface area contributed by atoms with Crippen molar-refractivity contribution in [2.75, 3.05) is 7.11 Å². The van der Waals surface area contributed by atoms with E-state index in [9.17, 15) is 4.79 Å². The van der Waals surface area contributed by atoms with Crippen LogP contribution in [0.4, 0.5) is 0 Å². The van der Waals surface area contributed by atoms with E-state index in [4.69, 9.17) is 16.3 Å². The molecule has 1 aromatic heterocycles. The van der Waals surface area contributed by atoms with Gasteiger partial charge in [0.2, 0.25) is 0 Å². The topological polar surface area (TPSA) is 39.2 Å². The van der Waals surface area contributed by atoms with E-state index in [0.717, 1.165) is 10.4 Å². The lowest BCUT2D eigenvalue weighted by molar-refractivity contribution is 0.0595. The molecule has 0 aliphatic rings. The Hall–Kier alpha value is -0.910. The van der Waals surface area contributed by atoms with E-state index in [1.54, 1.807) is 12.1 Å². The zero-order chi connectivity index (χ0) is 12.4. The van der Waals surface area contributed by atoms with Crippen molar-refractivity contribution in [3.8, 4) is 10.4 Å². The summed E-state index contributed by atoms with van der Waals surface area (Å²) in [6.07, 6.45) is 0. The average Bonchev–Trinajstić information content (AvgIpc) is 2.71. The number of ether oxygens (including phenoxy) is 1. The van der Waals surface area contributed by atoms with Crippen molar-refractivity contribution in [2.45, 2.75) is 0 Å². The zero-order valence-corrected chi connectivity index (χ0v) is 11.9. The molecule has 0 radical (unpaired) electrons. The van der Waals surface area contributed by atoms with Gasteiger partial charge in [0.15, 0.2) is 9.61 Å². The van der Waals surface area contributed by atoms with Gasteiger partial charge in [-0.1, -0.05) is 23.7 Å². The zero-order valence-electron chi connectivity index (χ0n) is 8.74. The summed E-state index contributed by atoms with van der Waals surface area (Å²) in [5.41, 5.74) is 1.20. The lowest BCUT2D eigenvalue weighted by Crippen LogP contribution is -2.03. The van der Waals surface area contributed by atoms with Crippen LogP contribution in [0, 0.1) is 0 Å². The van der Waals surface area contributed by atoms with Crippen LogP contribution in [0.15, 0.2) is 28.2 Å². The van der Waals surface area contributed by atoms with Gasteiger partial charge in [-0.15, -0.1) is 11.3 Å². The summed E-state index contributed by atoms with van der Waals surface area (Å²) in [6.45, 7) is 0. The summed E-state index contributed by atoms with van der Waals surface area (Å²) in [6, 6.07) is 7.22. The average molecular weight is 333 g/mol. The number of halogens is 2. The highest BCUT2D eigenvalue weighted by Gasteiger charge is 2.19. The minimum absolute atomic E-state index is 0.312. The van der Waals surface area contributed by atoms with E-state index in [2.05, 4.69) is 20.9 Å². The molecule has 0 bridgehead atoms. The maximum atomic E-state index is 11.6. The molecule has 0 saturated heterocycles. The van der Waals surface area contributed by atoms with E-state index in [-0.39, 0.29) is 0 Å². The first kappa shape index (κ1) is 12.5. The third-order valence-electron chi connectivity index (χ3n) is 2.09. The Bertz CT molecular complexity index is 553. The Labute approximate surface area is 116 Å². The highest BCUT2D eigenvalue weighted by Crippen LogP contribution is 2.33. The van der Waals surface area contributed by atoms with Gasteiger partial charge in [-0.2, -0.15) is 0 Å². The summed E-state index contributed by atoms with van der Waals surface area (Å²) in [7, 11) is 1.33. The van der Waals surface area contributed by atoms with Crippen molar-refractivity contribution in [1.82, 2.24) is 4.98 Å². The van der Waals surface area contributed by atoms with Crippen molar-refractivity contribution in [2.24, 2.45) is 0 Å².